The molecule has 1 aromatic rings. The van der Waals surface area contributed by atoms with Crippen LogP contribution < -0.4 is 4.74 Å². The Labute approximate surface area is 127 Å². The highest BCUT2D eigenvalue weighted by atomic mass is 16.5. The summed E-state index contributed by atoms with van der Waals surface area (Å²) in [5.74, 6) is 0.325. The van der Waals surface area contributed by atoms with Crippen molar-refractivity contribution in [2.75, 3.05) is 0 Å². The molecule has 1 aliphatic rings. The summed E-state index contributed by atoms with van der Waals surface area (Å²) in [6.45, 7) is 7.80. The minimum Gasteiger partial charge on any atom is -0.478 e. The monoisotopic (exact) mass is 290 g/mol. The summed E-state index contributed by atoms with van der Waals surface area (Å²) >= 11 is 0. The van der Waals surface area contributed by atoms with Crippen molar-refractivity contribution >= 4 is 5.97 Å². The molecule has 0 spiro atoms. The van der Waals surface area contributed by atoms with E-state index < -0.39 is 11.6 Å². The molecule has 116 valence electrons. The van der Waals surface area contributed by atoms with E-state index >= 15 is 0 Å². The van der Waals surface area contributed by atoms with Crippen LogP contribution in [-0.2, 0) is 10.2 Å². The first-order valence-corrected chi connectivity index (χ1v) is 7.79. The molecule has 0 heterocycles. The fourth-order valence-corrected chi connectivity index (χ4v) is 3.18. The molecule has 0 unspecified atom stereocenters. The molecule has 0 radical (unpaired) electrons. The molecule has 0 amide bonds. The predicted octanol–water partition coefficient (Wildman–Crippen LogP) is 4.40. The lowest BCUT2D eigenvalue weighted by Crippen LogP contribution is -2.38. The number of hydrogen-bond acceptors (Lipinski definition) is 2. The fourth-order valence-electron chi connectivity index (χ4n) is 3.18. The molecular weight excluding hydrogens is 264 g/mol. The molecule has 21 heavy (non-hydrogen) atoms. The van der Waals surface area contributed by atoms with Gasteiger partial charge < -0.3 is 9.84 Å². The van der Waals surface area contributed by atoms with E-state index in [9.17, 15) is 4.79 Å². The zero-order chi connectivity index (χ0) is 15.7. The molecular formula is C18H26O3. The minimum absolute atomic E-state index is 0.221. The normalized spacial score (nSPS) is 26.4. The van der Waals surface area contributed by atoms with Crippen molar-refractivity contribution < 1.29 is 14.6 Å². The summed E-state index contributed by atoms with van der Waals surface area (Å²) in [5.41, 5.74) is 0.345. The van der Waals surface area contributed by atoms with Gasteiger partial charge in [-0.3, -0.25) is 0 Å². The number of carboxylic acid groups (broad SMARTS) is 1. The number of rotatable bonds is 4. The van der Waals surface area contributed by atoms with Crippen molar-refractivity contribution in [3.8, 4) is 5.75 Å². The van der Waals surface area contributed by atoms with Gasteiger partial charge in [0.25, 0.3) is 0 Å². The number of aliphatic carboxylic acids is 1. The number of carboxylic acids is 1. The second-order valence-corrected chi connectivity index (χ2v) is 7.01. The topological polar surface area (TPSA) is 46.5 Å². The molecule has 0 saturated heterocycles. The zero-order valence-corrected chi connectivity index (χ0v) is 13.5. The van der Waals surface area contributed by atoms with Gasteiger partial charge in [0.2, 0.25) is 0 Å². The highest BCUT2D eigenvalue weighted by Crippen LogP contribution is 2.43. The van der Waals surface area contributed by atoms with E-state index in [4.69, 9.17) is 9.84 Å². The van der Waals surface area contributed by atoms with Crippen LogP contribution in [0.4, 0.5) is 0 Å². The summed E-state index contributed by atoms with van der Waals surface area (Å²) in [4.78, 5) is 11.1. The van der Waals surface area contributed by atoms with Gasteiger partial charge in [-0.25, -0.2) is 4.79 Å². The summed E-state index contributed by atoms with van der Waals surface area (Å²) in [6, 6.07) is 7.98. The van der Waals surface area contributed by atoms with Gasteiger partial charge in [0.1, 0.15) is 5.75 Å². The number of hydrogen-bond donors (Lipinski definition) is 1. The third-order valence-corrected chi connectivity index (χ3v) is 5.07. The summed E-state index contributed by atoms with van der Waals surface area (Å²) in [5, 5.41) is 9.11. The van der Waals surface area contributed by atoms with Crippen LogP contribution in [-0.4, -0.2) is 16.7 Å². The molecule has 0 aliphatic heterocycles. The maximum atomic E-state index is 11.1. The van der Waals surface area contributed by atoms with Crippen molar-refractivity contribution in [1.82, 2.24) is 0 Å². The van der Waals surface area contributed by atoms with Gasteiger partial charge in [0.15, 0.2) is 5.60 Å². The Morgan fingerprint density at radius 2 is 1.90 bits per heavy atom. The minimum atomic E-state index is -1.20. The molecule has 1 saturated carbocycles. The maximum Gasteiger partial charge on any atom is 0.347 e. The maximum absolute atomic E-state index is 11.1. The highest BCUT2D eigenvalue weighted by molar-refractivity contribution is 5.76. The van der Waals surface area contributed by atoms with Crippen LogP contribution in [0.3, 0.4) is 0 Å². The van der Waals surface area contributed by atoms with Crippen LogP contribution in [0.15, 0.2) is 24.3 Å². The lowest BCUT2D eigenvalue weighted by Gasteiger charge is -2.40. The van der Waals surface area contributed by atoms with Gasteiger partial charge in [-0.2, -0.15) is 0 Å². The van der Waals surface area contributed by atoms with Gasteiger partial charge in [0, 0.05) is 0 Å². The highest BCUT2D eigenvalue weighted by Gasteiger charge is 2.35. The van der Waals surface area contributed by atoms with Crippen LogP contribution >= 0.6 is 0 Å². The van der Waals surface area contributed by atoms with Crippen LogP contribution in [0.2, 0.25) is 0 Å². The van der Waals surface area contributed by atoms with Crippen LogP contribution in [0, 0.1) is 5.92 Å². The molecule has 2 atom stereocenters. The summed E-state index contributed by atoms with van der Waals surface area (Å²) < 4.78 is 5.57. The quantitative estimate of drug-likeness (QED) is 0.894. The second kappa shape index (κ2) is 5.70. The van der Waals surface area contributed by atoms with E-state index in [0.29, 0.717) is 11.7 Å². The van der Waals surface area contributed by atoms with E-state index in [1.807, 2.05) is 12.1 Å². The van der Waals surface area contributed by atoms with E-state index in [0.717, 1.165) is 0 Å². The van der Waals surface area contributed by atoms with Gasteiger partial charge in [0.05, 0.1) is 0 Å². The van der Waals surface area contributed by atoms with Crippen molar-refractivity contribution in [2.45, 2.75) is 64.4 Å². The predicted molar refractivity (Wildman–Crippen MR) is 83.8 cm³/mol. The van der Waals surface area contributed by atoms with Crippen LogP contribution in [0.25, 0.3) is 0 Å². The molecule has 1 fully saturated rings. The first kappa shape index (κ1) is 15.9. The Balaban J connectivity index is 2.17. The molecule has 1 N–H and O–H groups in total. The van der Waals surface area contributed by atoms with Gasteiger partial charge in [-0.15, -0.1) is 0 Å². The summed E-state index contributed by atoms with van der Waals surface area (Å²) in [6.07, 6.45) is 5.10. The lowest BCUT2D eigenvalue weighted by atomic mass is 9.64. The van der Waals surface area contributed by atoms with Crippen LogP contribution in [0.1, 0.15) is 58.9 Å². The SMILES string of the molecule is C[C@H]1CCCC[C@]1(C)c1ccc(OC(C)(C)C(=O)O)cc1. The van der Waals surface area contributed by atoms with E-state index in [1.54, 1.807) is 13.8 Å². The molecule has 3 nitrogen and oxygen atoms in total. The Morgan fingerprint density at radius 3 is 2.43 bits per heavy atom. The average Bonchev–Trinajstić information content (AvgIpc) is 2.42. The van der Waals surface area contributed by atoms with E-state index in [-0.39, 0.29) is 5.41 Å². The van der Waals surface area contributed by atoms with Crippen LogP contribution in [0.5, 0.6) is 5.75 Å². The molecule has 0 bridgehead atoms. The summed E-state index contributed by atoms with van der Waals surface area (Å²) in [7, 11) is 0. The van der Waals surface area contributed by atoms with E-state index in [1.165, 1.54) is 31.2 Å². The standard InChI is InChI=1S/C18H26O3/c1-13-7-5-6-12-18(13,4)14-8-10-15(11-9-14)21-17(2,3)16(19)20/h8-11,13H,5-7,12H2,1-4H3,(H,19,20)/t13-,18-/m0/s1. The Hall–Kier alpha value is -1.51. The first-order valence-electron chi connectivity index (χ1n) is 7.79. The van der Waals surface area contributed by atoms with Crippen molar-refractivity contribution in [3.05, 3.63) is 29.8 Å². The Morgan fingerprint density at radius 1 is 1.29 bits per heavy atom. The lowest BCUT2D eigenvalue weighted by molar-refractivity contribution is -0.152. The molecule has 1 aliphatic carbocycles. The van der Waals surface area contributed by atoms with Crippen molar-refractivity contribution in [3.63, 3.8) is 0 Å². The third kappa shape index (κ3) is 3.22. The van der Waals surface area contributed by atoms with Gasteiger partial charge in [-0.1, -0.05) is 38.8 Å². The number of benzene rings is 1. The largest absolute Gasteiger partial charge is 0.478 e. The Bertz CT molecular complexity index is 504. The van der Waals surface area contributed by atoms with E-state index in [2.05, 4.69) is 26.0 Å². The zero-order valence-electron chi connectivity index (χ0n) is 13.5. The third-order valence-electron chi connectivity index (χ3n) is 5.07. The average molecular weight is 290 g/mol. The van der Waals surface area contributed by atoms with Crippen molar-refractivity contribution in [2.24, 2.45) is 5.92 Å². The smallest absolute Gasteiger partial charge is 0.347 e. The number of ether oxygens (including phenoxy) is 1. The van der Waals surface area contributed by atoms with Gasteiger partial charge >= 0.3 is 5.97 Å². The molecule has 0 aromatic heterocycles. The molecule has 1 aromatic carbocycles. The fraction of sp³-hybridized carbons (Fsp3) is 0.611. The molecule has 2 rings (SSSR count). The van der Waals surface area contributed by atoms with Gasteiger partial charge in [-0.05, 0) is 55.7 Å². The van der Waals surface area contributed by atoms with Crippen molar-refractivity contribution in [1.29, 1.82) is 0 Å². The number of carbonyl (C=O) groups is 1. The first-order chi connectivity index (χ1) is 9.75. The molecule has 3 heteroatoms. The Kier molecular flexibility index (Phi) is 4.31. The second-order valence-electron chi connectivity index (χ2n) is 7.01.